The van der Waals surface area contributed by atoms with Crippen molar-refractivity contribution in [1.82, 2.24) is 0 Å². The van der Waals surface area contributed by atoms with Gasteiger partial charge in [0.05, 0.1) is 0 Å². The second-order valence-corrected chi connectivity index (χ2v) is 5.28. The topological polar surface area (TPSA) is 77.4 Å². The first-order chi connectivity index (χ1) is 6.37. The summed E-state index contributed by atoms with van der Waals surface area (Å²) in [6, 6.07) is 0. The average Bonchev–Trinajstić information content (AvgIpc) is 2.03. The number of rotatable bonds is 7. The van der Waals surface area contributed by atoms with Gasteiger partial charge in [0.2, 0.25) is 0 Å². The van der Waals surface area contributed by atoms with Crippen LogP contribution in [0.15, 0.2) is 0 Å². The Morgan fingerprint density at radius 1 is 1.13 bits per heavy atom. The van der Waals surface area contributed by atoms with Crippen molar-refractivity contribution in [2.45, 2.75) is 57.3 Å². The summed E-state index contributed by atoms with van der Waals surface area (Å²) < 4.78 is 32.5. The van der Waals surface area contributed by atoms with E-state index in [2.05, 4.69) is 0 Å². The first-order valence-electron chi connectivity index (χ1n) is 5.05. The van der Waals surface area contributed by atoms with E-state index in [1.807, 2.05) is 6.92 Å². The summed E-state index contributed by atoms with van der Waals surface area (Å²) >= 11 is 0. The molecule has 6 heteroatoms. The molecule has 0 rings (SSSR count). The van der Waals surface area contributed by atoms with Crippen molar-refractivity contribution >= 4 is 10.1 Å². The summed E-state index contributed by atoms with van der Waals surface area (Å²) in [5.41, 5.74) is 0. The molecular formula is C9H19KO4S. The Labute approximate surface area is 135 Å². The van der Waals surface area contributed by atoms with Crippen LogP contribution in [0.1, 0.15) is 52.4 Å². The molecule has 0 aromatic rings. The summed E-state index contributed by atoms with van der Waals surface area (Å²) in [7, 11) is -4.60. The van der Waals surface area contributed by atoms with Gasteiger partial charge in [0, 0.05) is 0 Å². The molecule has 1 atom stereocenters. The largest absolute Gasteiger partial charge is 1.00 e. The van der Waals surface area contributed by atoms with Crippen LogP contribution in [0.4, 0.5) is 0 Å². The molecule has 0 amide bonds. The monoisotopic (exact) mass is 262 g/mol. The molecule has 0 bridgehead atoms. The third-order valence-corrected chi connectivity index (χ3v) is 3.62. The van der Waals surface area contributed by atoms with Crippen LogP contribution in [-0.2, 0) is 10.1 Å². The number of hydrogen-bond acceptors (Lipinski definition) is 4. The van der Waals surface area contributed by atoms with Gasteiger partial charge in [-0.2, -0.15) is 0 Å². The Bertz CT molecular complexity index is 253. The van der Waals surface area contributed by atoms with Crippen molar-refractivity contribution in [1.29, 1.82) is 0 Å². The first-order valence-corrected chi connectivity index (χ1v) is 6.46. The SMILES string of the molecule is CCCCCC(O)(CCC)S(=O)(=O)[O-].[K+]. The van der Waals surface area contributed by atoms with Crippen molar-refractivity contribution in [3.05, 3.63) is 0 Å². The maximum absolute atomic E-state index is 10.8. The smallest absolute Gasteiger partial charge is 0.746 e. The van der Waals surface area contributed by atoms with Crippen molar-refractivity contribution in [2.75, 3.05) is 0 Å². The minimum Gasteiger partial charge on any atom is -0.746 e. The van der Waals surface area contributed by atoms with Crippen molar-refractivity contribution in [3.63, 3.8) is 0 Å². The van der Waals surface area contributed by atoms with E-state index >= 15 is 0 Å². The molecular weight excluding hydrogens is 243 g/mol. The molecule has 0 spiro atoms. The molecule has 15 heavy (non-hydrogen) atoms. The zero-order valence-corrected chi connectivity index (χ0v) is 13.8. The van der Waals surface area contributed by atoms with Crippen LogP contribution in [0, 0.1) is 0 Å². The van der Waals surface area contributed by atoms with Gasteiger partial charge in [-0.1, -0.05) is 33.1 Å². The van der Waals surface area contributed by atoms with Crippen molar-refractivity contribution in [2.24, 2.45) is 0 Å². The minimum atomic E-state index is -4.60. The molecule has 0 saturated carbocycles. The summed E-state index contributed by atoms with van der Waals surface area (Å²) in [5, 5.41) is 9.67. The van der Waals surface area contributed by atoms with Gasteiger partial charge in [-0.3, -0.25) is 0 Å². The second-order valence-electron chi connectivity index (χ2n) is 3.61. The molecule has 4 nitrogen and oxygen atoms in total. The third-order valence-electron chi connectivity index (χ3n) is 2.28. The molecule has 1 unspecified atom stereocenters. The van der Waals surface area contributed by atoms with Gasteiger partial charge in [-0.25, -0.2) is 8.42 Å². The molecule has 0 radical (unpaired) electrons. The fraction of sp³-hybridized carbons (Fsp3) is 1.00. The Kier molecular flexibility index (Phi) is 10.8. The summed E-state index contributed by atoms with van der Waals surface area (Å²) in [4.78, 5) is -2.04. The van der Waals surface area contributed by atoms with Gasteiger partial charge in [0.1, 0.15) is 10.1 Å². The molecule has 1 N–H and O–H groups in total. The molecule has 0 aliphatic carbocycles. The fourth-order valence-corrected chi connectivity index (χ4v) is 2.27. The van der Waals surface area contributed by atoms with Crippen LogP contribution in [0.2, 0.25) is 0 Å². The van der Waals surface area contributed by atoms with E-state index in [-0.39, 0.29) is 64.2 Å². The van der Waals surface area contributed by atoms with Crippen LogP contribution < -0.4 is 51.4 Å². The fourth-order valence-electron chi connectivity index (χ4n) is 1.42. The summed E-state index contributed by atoms with van der Waals surface area (Å²) in [5.74, 6) is 0. The maximum atomic E-state index is 10.8. The number of hydrogen-bond donors (Lipinski definition) is 1. The molecule has 0 saturated heterocycles. The van der Waals surface area contributed by atoms with E-state index in [4.69, 9.17) is 0 Å². The molecule has 0 fully saturated rings. The molecule has 0 aliphatic rings. The molecule has 0 aromatic heterocycles. The number of unbranched alkanes of at least 4 members (excludes halogenated alkanes) is 2. The van der Waals surface area contributed by atoms with Crippen molar-refractivity contribution in [3.8, 4) is 0 Å². The van der Waals surface area contributed by atoms with Crippen LogP contribution in [0.25, 0.3) is 0 Å². The molecule has 86 valence electrons. The van der Waals surface area contributed by atoms with Crippen molar-refractivity contribution < 1.29 is 69.5 Å². The zero-order valence-electron chi connectivity index (χ0n) is 9.82. The Morgan fingerprint density at radius 2 is 1.67 bits per heavy atom. The van der Waals surface area contributed by atoms with E-state index in [1.165, 1.54) is 0 Å². The van der Waals surface area contributed by atoms with Crippen LogP contribution in [-0.4, -0.2) is 23.0 Å². The number of aliphatic hydroxyl groups is 1. The van der Waals surface area contributed by atoms with Crippen LogP contribution in [0.3, 0.4) is 0 Å². The predicted octanol–water partition coefficient (Wildman–Crippen LogP) is -1.40. The standard InChI is InChI=1S/C9H20O4S.K/c1-3-5-6-8-9(10,7-4-2)14(11,12)13;/h10H,3-8H2,1-2H3,(H,11,12,13);/q;+1/p-1. The average molecular weight is 262 g/mol. The van der Waals surface area contributed by atoms with Gasteiger partial charge in [0.25, 0.3) is 0 Å². The maximum Gasteiger partial charge on any atom is 1.00 e. The van der Waals surface area contributed by atoms with Gasteiger partial charge in [-0.15, -0.1) is 0 Å². The molecule has 0 aliphatic heterocycles. The molecule has 0 aromatic carbocycles. The van der Waals surface area contributed by atoms with Crippen LogP contribution in [0.5, 0.6) is 0 Å². The van der Waals surface area contributed by atoms with E-state index in [1.54, 1.807) is 6.92 Å². The van der Waals surface area contributed by atoms with Gasteiger partial charge in [-0.05, 0) is 19.3 Å². The van der Waals surface area contributed by atoms with E-state index < -0.39 is 15.1 Å². The van der Waals surface area contributed by atoms with E-state index in [9.17, 15) is 18.1 Å². The second kappa shape index (κ2) is 8.58. The Morgan fingerprint density at radius 3 is 2.00 bits per heavy atom. The van der Waals surface area contributed by atoms with Gasteiger partial charge < -0.3 is 9.66 Å². The van der Waals surface area contributed by atoms with Gasteiger partial charge in [0.15, 0.2) is 4.93 Å². The van der Waals surface area contributed by atoms with Crippen LogP contribution >= 0.6 is 0 Å². The quantitative estimate of drug-likeness (QED) is 0.348. The van der Waals surface area contributed by atoms with E-state index in [0.29, 0.717) is 12.8 Å². The predicted molar refractivity (Wildman–Crippen MR) is 53.7 cm³/mol. The Balaban J connectivity index is 0. The van der Waals surface area contributed by atoms with Gasteiger partial charge >= 0.3 is 51.4 Å². The first kappa shape index (κ1) is 18.9. The minimum absolute atomic E-state index is 0. The molecule has 0 heterocycles. The Hall–Kier alpha value is 1.51. The summed E-state index contributed by atoms with van der Waals surface area (Å²) in [6.45, 7) is 3.72. The summed E-state index contributed by atoms with van der Waals surface area (Å²) in [6.07, 6.45) is 2.92. The third kappa shape index (κ3) is 6.73. The zero-order chi connectivity index (χ0) is 11.2. The van der Waals surface area contributed by atoms with E-state index in [0.717, 1.165) is 12.8 Å². The normalized spacial score (nSPS) is 15.5.